The summed E-state index contributed by atoms with van der Waals surface area (Å²) in [5.41, 5.74) is 1.39. The number of rotatable bonds is 3. The molecular formula is C16H22NO2+. The van der Waals surface area contributed by atoms with Gasteiger partial charge in [-0.05, 0) is 0 Å². The standard InChI is InChI=1S/C16H22NO2/c1-13(18)19-16-12-17(9-7-15(16)8-10-17)11-14-5-3-2-4-6-14/h2-6,15-16H,7-12H2,1H3/q+1. The molecule has 1 unspecified atom stereocenters. The summed E-state index contributed by atoms with van der Waals surface area (Å²) >= 11 is 0. The van der Waals surface area contributed by atoms with Crippen LogP contribution in [0.5, 0.6) is 0 Å². The van der Waals surface area contributed by atoms with Crippen molar-refractivity contribution in [2.24, 2.45) is 5.92 Å². The molecule has 3 saturated heterocycles. The van der Waals surface area contributed by atoms with Crippen molar-refractivity contribution in [1.82, 2.24) is 0 Å². The number of hydrogen-bond acceptors (Lipinski definition) is 2. The van der Waals surface area contributed by atoms with E-state index in [1.54, 1.807) is 0 Å². The lowest BCUT2D eigenvalue weighted by molar-refractivity contribution is -0.958. The van der Waals surface area contributed by atoms with Crippen molar-refractivity contribution in [3.8, 4) is 0 Å². The van der Waals surface area contributed by atoms with Crippen LogP contribution in [0.1, 0.15) is 25.3 Å². The minimum Gasteiger partial charge on any atom is -0.456 e. The van der Waals surface area contributed by atoms with E-state index in [0.717, 1.165) is 17.6 Å². The summed E-state index contributed by atoms with van der Waals surface area (Å²) in [5, 5.41) is 0. The van der Waals surface area contributed by atoms with Gasteiger partial charge < -0.3 is 9.22 Å². The average Bonchev–Trinajstić information content (AvgIpc) is 2.40. The molecule has 4 rings (SSSR count). The molecule has 1 aromatic carbocycles. The highest BCUT2D eigenvalue weighted by Gasteiger charge is 2.47. The molecular weight excluding hydrogens is 238 g/mol. The van der Waals surface area contributed by atoms with Crippen molar-refractivity contribution in [2.75, 3.05) is 19.6 Å². The van der Waals surface area contributed by atoms with E-state index in [9.17, 15) is 4.79 Å². The monoisotopic (exact) mass is 260 g/mol. The number of hydrogen-bond donors (Lipinski definition) is 0. The molecule has 3 fully saturated rings. The van der Waals surface area contributed by atoms with E-state index in [2.05, 4.69) is 30.3 Å². The lowest BCUT2D eigenvalue weighted by atomic mass is 9.83. The van der Waals surface area contributed by atoms with Crippen molar-refractivity contribution in [2.45, 2.75) is 32.4 Å². The van der Waals surface area contributed by atoms with E-state index in [-0.39, 0.29) is 12.1 Å². The highest BCUT2D eigenvalue weighted by molar-refractivity contribution is 5.66. The molecule has 3 heterocycles. The van der Waals surface area contributed by atoms with Crippen molar-refractivity contribution < 1.29 is 14.0 Å². The third kappa shape index (κ3) is 2.66. The Morgan fingerprint density at radius 3 is 2.58 bits per heavy atom. The number of benzene rings is 1. The van der Waals surface area contributed by atoms with E-state index in [4.69, 9.17) is 4.74 Å². The normalized spacial score (nSPS) is 33.1. The Balaban J connectivity index is 1.74. The van der Waals surface area contributed by atoms with Gasteiger partial charge in [-0.2, -0.15) is 0 Å². The molecule has 3 aliphatic rings. The molecule has 0 saturated carbocycles. The third-order valence-corrected chi connectivity index (χ3v) is 4.72. The lowest BCUT2D eigenvalue weighted by Crippen LogP contribution is -2.63. The SMILES string of the molecule is CC(=O)OC1C[N+]2(Cc3ccccc3)CCC1CC2. The summed E-state index contributed by atoms with van der Waals surface area (Å²) in [5.74, 6) is 0.469. The van der Waals surface area contributed by atoms with Crippen LogP contribution in [-0.2, 0) is 16.1 Å². The number of carbonyl (C=O) groups excluding carboxylic acids is 1. The fraction of sp³-hybridized carbons (Fsp3) is 0.562. The molecule has 3 nitrogen and oxygen atoms in total. The number of fused-ring (bicyclic) bond motifs is 3. The van der Waals surface area contributed by atoms with Crippen molar-refractivity contribution in [1.29, 1.82) is 0 Å². The summed E-state index contributed by atoms with van der Waals surface area (Å²) in [6.45, 7) is 6.07. The van der Waals surface area contributed by atoms with Gasteiger partial charge in [0.15, 0.2) is 6.10 Å². The second kappa shape index (κ2) is 4.97. The van der Waals surface area contributed by atoms with E-state index in [1.165, 1.54) is 38.4 Å². The highest BCUT2D eigenvalue weighted by Crippen LogP contribution is 2.36. The lowest BCUT2D eigenvalue weighted by Gasteiger charge is -2.52. The molecule has 0 radical (unpaired) electrons. The first kappa shape index (κ1) is 12.7. The molecule has 3 heteroatoms. The molecule has 0 aliphatic carbocycles. The number of ether oxygens (including phenoxy) is 1. The molecule has 1 atom stereocenters. The maximum Gasteiger partial charge on any atom is 0.303 e. The maximum atomic E-state index is 11.2. The summed E-state index contributed by atoms with van der Waals surface area (Å²) in [7, 11) is 0. The second-order valence-corrected chi connectivity index (χ2v) is 6.10. The second-order valence-electron chi connectivity index (χ2n) is 6.10. The van der Waals surface area contributed by atoms with Gasteiger partial charge in [-0.25, -0.2) is 0 Å². The fourth-order valence-corrected chi connectivity index (χ4v) is 3.76. The molecule has 2 bridgehead atoms. The van der Waals surface area contributed by atoms with Gasteiger partial charge in [-0.15, -0.1) is 0 Å². The third-order valence-electron chi connectivity index (χ3n) is 4.72. The van der Waals surface area contributed by atoms with Crippen LogP contribution in [0.15, 0.2) is 30.3 Å². The van der Waals surface area contributed by atoms with Crippen LogP contribution < -0.4 is 0 Å². The van der Waals surface area contributed by atoms with E-state index >= 15 is 0 Å². The summed E-state index contributed by atoms with van der Waals surface area (Å²) < 4.78 is 6.63. The predicted molar refractivity (Wildman–Crippen MR) is 73.3 cm³/mol. The van der Waals surface area contributed by atoms with Gasteiger partial charge in [0.1, 0.15) is 13.1 Å². The Morgan fingerprint density at radius 1 is 1.26 bits per heavy atom. The van der Waals surface area contributed by atoms with Gasteiger partial charge in [0.05, 0.1) is 13.1 Å². The number of carbonyl (C=O) groups is 1. The molecule has 3 aliphatic heterocycles. The van der Waals surface area contributed by atoms with Crippen LogP contribution >= 0.6 is 0 Å². The number of nitrogens with zero attached hydrogens (tertiary/aromatic N) is 1. The topological polar surface area (TPSA) is 26.3 Å². The number of piperidine rings is 3. The van der Waals surface area contributed by atoms with Gasteiger partial charge >= 0.3 is 5.97 Å². The van der Waals surface area contributed by atoms with Crippen LogP contribution in [-0.4, -0.2) is 36.2 Å². The molecule has 0 N–H and O–H groups in total. The van der Waals surface area contributed by atoms with E-state index < -0.39 is 0 Å². The largest absolute Gasteiger partial charge is 0.456 e. The van der Waals surface area contributed by atoms with Gasteiger partial charge in [0.25, 0.3) is 0 Å². The summed E-state index contributed by atoms with van der Waals surface area (Å²) in [4.78, 5) is 11.2. The zero-order valence-corrected chi connectivity index (χ0v) is 11.5. The zero-order chi connectivity index (χ0) is 13.3. The van der Waals surface area contributed by atoms with Crippen LogP contribution in [0.2, 0.25) is 0 Å². The highest BCUT2D eigenvalue weighted by atomic mass is 16.5. The van der Waals surface area contributed by atoms with Gasteiger partial charge in [0, 0.05) is 31.2 Å². The molecule has 0 aromatic heterocycles. The van der Waals surface area contributed by atoms with Crippen molar-refractivity contribution in [3.05, 3.63) is 35.9 Å². The first-order valence-corrected chi connectivity index (χ1v) is 7.23. The van der Waals surface area contributed by atoms with Crippen LogP contribution in [0, 0.1) is 5.92 Å². The van der Waals surface area contributed by atoms with Gasteiger partial charge in [-0.3, -0.25) is 4.79 Å². The van der Waals surface area contributed by atoms with Gasteiger partial charge in [-0.1, -0.05) is 30.3 Å². The Hall–Kier alpha value is -1.35. The van der Waals surface area contributed by atoms with Gasteiger partial charge in [0.2, 0.25) is 0 Å². The Labute approximate surface area is 114 Å². The first-order valence-electron chi connectivity index (χ1n) is 7.23. The molecule has 102 valence electrons. The Bertz CT molecular complexity index is 449. The van der Waals surface area contributed by atoms with E-state index in [0.29, 0.717) is 5.92 Å². The smallest absolute Gasteiger partial charge is 0.303 e. The van der Waals surface area contributed by atoms with E-state index in [1.807, 2.05) is 0 Å². The Kier molecular flexibility index (Phi) is 3.31. The quantitative estimate of drug-likeness (QED) is 0.616. The first-order chi connectivity index (χ1) is 9.17. The summed E-state index contributed by atoms with van der Waals surface area (Å²) in [6.07, 6.45) is 2.54. The fourth-order valence-electron chi connectivity index (χ4n) is 3.76. The molecule has 1 aromatic rings. The van der Waals surface area contributed by atoms with Crippen LogP contribution in [0.4, 0.5) is 0 Å². The zero-order valence-electron chi connectivity index (χ0n) is 11.5. The predicted octanol–water partition coefficient (Wildman–Crippen LogP) is 2.36. The molecule has 0 amide bonds. The minimum atomic E-state index is -0.128. The van der Waals surface area contributed by atoms with Crippen molar-refractivity contribution >= 4 is 5.97 Å². The average molecular weight is 260 g/mol. The number of esters is 1. The van der Waals surface area contributed by atoms with Crippen LogP contribution in [0.3, 0.4) is 0 Å². The molecule has 0 spiro atoms. The van der Waals surface area contributed by atoms with Crippen LogP contribution in [0.25, 0.3) is 0 Å². The summed E-state index contributed by atoms with van der Waals surface area (Å²) in [6, 6.07) is 10.7. The maximum absolute atomic E-state index is 11.2. The van der Waals surface area contributed by atoms with Crippen molar-refractivity contribution in [3.63, 3.8) is 0 Å². The Morgan fingerprint density at radius 2 is 1.95 bits per heavy atom. The molecule has 19 heavy (non-hydrogen) atoms. The minimum absolute atomic E-state index is 0.128. The number of quaternary nitrogens is 1.